The third kappa shape index (κ3) is 4.38. The molecule has 190 valence electrons. The van der Waals surface area contributed by atoms with Gasteiger partial charge in [0.25, 0.3) is 5.91 Å². The Morgan fingerprint density at radius 1 is 1.11 bits per heavy atom. The molecule has 6 nitrogen and oxygen atoms in total. The summed E-state index contributed by atoms with van der Waals surface area (Å²) in [5.74, 6) is 0.365. The molecule has 1 aliphatic carbocycles. The Labute approximate surface area is 214 Å². The van der Waals surface area contributed by atoms with Crippen molar-refractivity contribution in [3.05, 3.63) is 66.1 Å². The Hall–Kier alpha value is -3.28. The van der Waals surface area contributed by atoms with E-state index in [-0.39, 0.29) is 11.8 Å². The molecule has 5 rings (SSSR count). The molecule has 3 heterocycles. The van der Waals surface area contributed by atoms with Crippen LogP contribution in [0.5, 0.6) is 0 Å². The molecule has 36 heavy (non-hydrogen) atoms. The van der Waals surface area contributed by atoms with Crippen molar-refractivity contribution in [2.24, 2.45) is 5.92 Å². The van der Waals surface area contributed by atoms with E-state index in [0.717, 1.165) is 42.3 Å². The van der Waals surface area contributed by atoms with Crippen LogP contribution in [0, 0.1) is 5.92 Å². The fourth-order valence-corrected chi connectivity index (χ4v) is 5.75. The summed E-state index contributed by atoms with van der Waals surface area (Å²) >= 11 is 0. The molecule has 0 radical (unpaired) electrons. The van der Waals surface area contributed by atoms with Gasteiger partial charge >= 0.3 is 0 Å². The van der Waals surface area contributed by atoms with E-state index in [1.807, 2.05) is 53.0 Å². The summed E-state index contributed by atoms with van der Waals surface area (Å²) in [6.45, 7) is 7.85. The van der Waals surface area contributed by atoms with Crippen molar-refractivity contribution < 1.29 is 9.59 Å². The highest BCUT2D eigenvalue weighted by Crippen LogP contribution is 2.38. The first kappa shape index (κ1) is 24.4. The highest BCUT2D eigenvalue weighted by molar-refractivity contribution is 6.08. The molecule has 2 aliphatic rings. The highest BCUT2D eigenvalue weighted by Gasteiger charge is 2.48. The van der Waals surface area contributed by atoms with E-state index in [1.54, 1.807) is 0 Å². The summed E-state index contributed by atoms with van der Waals surface area (Å²) in [4.78, 5) is 30.0. The number of nitrogens with one attached hydrogen (secondary N) is 1. The Balaban J connectivity index is 1.58. The first-order valence-corrected chi connectivity index (χ1v) is 13.4. The SMILES string of the molecule is CC(C)CCNC(=O)[C@]1(C)Cn2c(c(-n3cccc3)c3ccccc32)C(=O)N1CCC1=CCCCC1. The summed E-state index contributed by atoms with van der Waals surface area (Å²) in [5, 5.41) is 4.18. The van der Waals surface area contributed by atoms with Gasteiger partial charge in [0.2, 0.25) is 5.91 Å². The fourth-order valence-electron chi connectivity index (χ4n) is 5.75. The molecule has 1 atom stereocenters. The lowest BCUT2D eigenvalue weighted by Gasteiger charge is -2.44. The smallest absolute Gasteiger partial charge is 0.273 e. The molecule has 1 N–H and O–H groups in total. The first-order valence-electron chi connectivity index (χ1n) is 13.4. The monoisotopic (exact) mass is 486 g/mol. The number of hydrogen-bond acceptors (Lipinski definition) is 2. The number of para-hydroxylation sites is 1. The summed E-state index contributed by atoms with van der Waals surface area (Å²) in [7, 11) is 0. The van der Waals surface area contributed by atoms with Gasteiger partial charge in [-0.15, -0.1) is 0 Å². The average Bonchev–Trinajstić information content (AvgIpc) is 3.50. The Morgan fingerprint density at radius 3 is 2.61 bits per heavy atom. The molecule has 2 amide bonds. The molecular formula is C30H38N4O2. The van der Waals surface area contributed by atoms with E-state index in [0.29, 0.717) is 31.2 Å². The zero-order valence-corrected chi connectivity index (χ0v) is 21.8. The van der Waals surface area contributed by atoms with Gasteiger partial charge in [-0.05, 0) is 69.6 Å². The van der Waals surface area contributed by atoms with Gasteiger partial charge in [0.15, 0.2) is 0 Å². The van der Waals surface area contributed by atoms with Gasteiger partial charge in [0.05, 0.1) is 17.7 Å². The zero-order valence-electron chi connectivity index (χ0n) is 21.8. The maximum Gasteiger partial charge on any atom is 0.273 e. The van der Waals surface area contributed by atoms with Gasteiger partial charge in [0, 0.05) is 30.9 Å². The molecule has 1 aliphatic heterocycles. The molecular weight excluding hydrogens is 448 g/mol. The lowest BCUT2D eigenvalue weighted by molar-refractivity contribution is -0.132. The summed E-state index contributed by atoms with van der Waals surface area (Å²) in [6.07, 6.45) is 12.7. The highest BCUT2D eigenvalue weighted by atomic mass is 16.2. The van der Waals surface area contributed by atoms with Crippen LogP contribution in [0.4, 0.5) is 0 Å². The molecule has 1 aromatic carbocycles. The Morgan fingerprint density at radius 2 is 1.89 bits per heavy atom. The van der Waals surface area contributed by atoms with Crippen molar-refractivity contribution in [2.45, 2.75) is 71.4 Å². The molecule has 0 bridgehead atoms. The second kappa shape index (κ2) is 10.00. The molecule has 0 saturated heterocycles. The van der Waals surface area contributed by atoms with E-state index in [4.69, 9.17) is 0 Å². The summed E-state index contributed by atoms with van der Waals surface area (Å²) < 4.78 is 4.10. The minimum atomic E-state index is -0.966. The third-order valence-electron chi connectivity index (χ3n) is 7.85. The Kier molecular flexibility index (Phi) is 6.78. The number of carbonyl (C=O) groups excluding carboxylic acids is 2. The van der Waals surface area contributed by atoms with Crippen molar-refractivity contribution in [2.75, 3.05) is 13.1 Å². The largest absolute Gasteiger partial charge is 0.354 e. The molecule has 6 heteroatoms. The van der Waals surface area contributed by atoms with Crippen LogP contribution in [-0.2, 0) is 11.3 Å². The topological polar surface area (TPSA) is 59.3 Å². The summed E-state index contributed by atoms with van der Waals surface area (Å²) in [5.41, 5.74) is 2.99. The quantitative estimate of drug-likeness (QED) is 0.415. The number of aromatic nitrogens is 2. The van der Waals surface area contributed by atoms with Crippen LogP contribution in [0.3, 0.4) is 0 Å². The average molecular weight is 487 g/mol. The van der Waals surface area contributed by atoms with Gasteiger partial charge < -0.3 is 19.4 Å². The van der Waals surface area contributed by atoms with E-state index < -0.39 is 5.54 Å². The van der Waals surface area contributed by atoms with Crippen molar-refractivity contribution in [1.29, 1.82) is 0 Å². The van der Waals surface area contributed by atoms with Crippen molar-refractivity contribution in [3.8, 4) is 5.69 Å². The van der Waals surface area contributed by atoms with Gasteiger partial charge in [0.1, 0.15) is 11.2 Å². The second-order valence-electron chi connectivity index (χ2n) is 10.9. The predicted octanol–water partition coefficient (Wildman–Crippen LogP) is 5.70. The first-order chi connectivity index (χ1) is 17.4. The number of amides is 2. The molecule has 0 fully saturated rings. The normalized spacial score (nSPS) is 20.1. The predicted molar refractivity (Wildman–Crippen MR) is 144 cm³/mol. The lowest BCUT2D eigenvalue weighted by atomic mass is 9.92. The maximum absolute atomic E-state index is 14.4. The minimum Gasteiger partial charge on any atom is -0.354 e. The van der Waals surface area contributed by atoms with E-state index in [2.05, 4.69) is 41.9 Å². The number of fused-ring (bicyclic) bond motifs is 3. The van der Waals surface area contributed by atoms with Gasteiger partial charge in [-0.25, -0.2) is 0 Å². The van der Waals surface area contributed by atoms with Gasteiger partial charge in [-0.2, -0.15) is 0 Å². The zero-order chi connectivity index (χ0) is 25.3. The van der Waals surface area contributed by atoms with E-state index in [9.17, 15) is 9.59 Å². The van der Waals surface area contributed by atoms with Gasteiger partial charge in [-0.3, -0.25) is 9.59 Å². The number of benzene rings is 1. The van der Waals surface area contributed by atoms with Crippen LogP contribution >= 0.6 is 0 Å². The van der Waals surface area contributed by atoms with Crippen molar-refractivity contribution in [1.82, 2.24) is 19.4 Å². The van der Waals surface area contributed by atoms with Crippen molar-refractivity contribution >= 4 is 22.7 Å². The van der Waals surface area contributed by atoms with Crippen molar-refractivity contribution in [3.63, 3.8) is 0 Å². The Bertz CT molecular complexity index is 1280. The molecule has 0 spiro atoms. The van der Waals surface area contributed by atoms with Crippen LogP contribution in [0.1, 0.15) is 69.8 Å². The summed E-state index contributed by atoms with van der Waals surface area (Å²) in [6, 6.07) is 12.1. The van der Waals surface area contributed by atoms with Crippen LogP contribution < -0.4 is 5.32 Å². The van der Waals surface area contributed by atoms with E-state index >= 15 is 0 Å². The lowest BCUT2D eigenvalue weighted by Crippen LogP contribution is -2.64. The van der Waals surface area contributed by atoms with Crippen LogP contribution in [-0.4, -0.2) is 44.5 Å². The number of carbonyl (C=O) groups is 2. The molecule has 0 unspecified atom stereocenters. The molecule has 0 saturated carbocycles. The number of rotatable bonds is 8. The molecule has 2 aromatic heterocycles. The minimum absolute atomic E-state index is 0.0694. The third-order valence-corrected chi connectivity index (χ3v) is 7.85. The standard InChI is InChI=1S/C30H38N4O2/c1-22(2)15-17-31-29(36)30(3)21-33-25-14-8-7-13-24(25)26(32-18-9-10-19-32)27(33)28(35)34(30)20-16-23-11-5-4-6-12-23/h7-11,13-14,18-19,22H,4-6,12,15-17,20-21H2,1-3H3,(H,31,36)/t30-/m0/s1. The number of nitrogens with zero attached hydrogens (tertiary/aromatic N) is 3. The number of allylic oxidation sites excluding steroid dienone is 1. The fraction of sp³-hybridized carbons (Fsp3) is 0.467. The van der Waals surface area contributed by atoms with Crippen LogP contribution in [0.2, 0.25) is 0 Å². The van der Waals surface area contributed by atoms with Crippen LogP contribution in [0.15, 0.2) is 60.4 Å². The van der Waals surface area contributed by atoms with Crippen LogP contribution in [0.25, 0.3) is 16.6 Å². The molecule has 3 aromatic rings. The van der Waals surface area contributed by atoms with E-state index in [1.165, 1.54) is 18.4 Å². The second-order valence-corrected chi connectivity index (χ2v) is 10.9. The maximum atomic E-state index is 14.4. The van der Waals surface area contributed by atoms with Gasteiger partial charge in [-0.1, -0.05) is 43.7 Å². The number of hydrogen-bond donors (Lipinski definition) is 1.